The zero-order valence-electron chi connectivity index (χ0n) is 21.5. The van der Waals surface area contributed by atoms with E-state index < -0.39 is 6.17 Å². The Morgan fingerprint density at radius 3 is 2.66 bits per heavy atom. The maximum absolute atomic E-state index is 13.5. The third kappa shape index (κ3) is 6.07. The number of nitrogens with zero attached hydrogens (tertiary/aromatic N) is 4. The van der Waals surface area contributed by atoms with Crippen LogP contribution in [0, 0.1) is 0 Å². The Labute approximate surface area is 235 Å². The minimum atomic E-state index is -0.822. The minimum absolute atomic E-state index is 0.156. The van der Waals surface area contributed by atoms with E-state index in [1.54, 1.807) is 18.0 Å². The summed E-state index contributed by atoms with van der Waals surface area (Å²) in [6.07, 6.45) is 11.9. The number of halogens is 1. The van der Waals surface area contributed by atoms with Crippen molar-refractivity contribution in [2.24, 2.45) is 4.99 Å². The van der Waals surface area contributed by atoms with Gasteiger partial charge >= 0.3 is 0 Å². The van der Waals surface area contributed by atoms with Crippen LogP contribution < -0.4 is 10.2 Å². The number of hydrogen-bond acceptors (Lipinski definition) is 4. The Morgan fingerprint density at radius 1 is 1.13 bits per heavy atom. The van der Waals surface area contributed by atoms with Crippen molar-refractivity contribution in [3.05, 3.63) is 94.6 Å². The van der Waals surface area contributed by atoms with Crippen LogP contribution in [0.3, 0.4) is 0 Å². The lowest BCUT2D eigenvalue weighted by Gasteiger charge is -2.36. The van der Waals surface area contributed by atoms with E-state index in [9.17, 15) is 4.79 Å². The SMILES string of the molecule is CN1C(=O)C(NC(=S)N2CCN(C/C=C/c3ccccc3)CC2)N=C(C2=CCCC=C2)c2cc(Cl)ccc21. The Morgan fingerprint density at radius 2 is 1.92 bits per heavy atom. The number of amides is 1. The summed E-state index contributed by atoms with van der Waals surface area (Å²) < 4.78 is 0. The molecule has 5 rings (SSSR count). The predicted molar refractivity (Wildman–Crippen MR) is 161 cm³/mol. The fraction of sp³-hybridized carbons (Fsp3) is 0.300. The minimum Gasteiger partial charge on any atom is -0.347 e. The van der Waals surface area contributed by atoms with E-state index in [0.717, 1.165) is 68.1 Å². The molecule has 0 spiro atoms. The number of benzodiazepines with no additional fused rings is 1. The summed E-state index contributed by atoms with van der Waals surface area (Å²) in [5.41, 5.74) is 4.59. The molecule has 196 valence electrons. The van der Waals surface area contributed by atoms with E-state index in [0.29, 0.717) is 10.1 Å². The molecule has 1 unspecified atom stereocenters. The van der Waals surface area contributed by atoms with Crippen molar-refractivity contribution >= 4 is 52.3 Å². The van der Waals surface area contributed by atoms with Crippen LogP contribution in [0.15, 0.2) is 83.4 Å². The zero-order chi connectivity index (χ0) is 26.5. The topological polar surface area (TPSA) is 51.2 Å². The third-order valence-corrected chi connectivity index (χ3v) is 7.67. The Kier molecular flexibility index (Phi) is 8.37. The van der Waals surface area contributed by atoms with Crippen molar-refractivity contribution in [3.8, 4) is 0 Å². The fourth-order valence-electron chi connectivity index (χ4n) is 4.90. The van der Waals surface area contributed by atoms with Crippen molar-refractivity contribution in [3.63, 3.8) is 0 Å². The number of rotatable bonds is 5. The number of benzene rings is 2. The van der Waals surface area contributed by atoms with Crippen LogP contribution in [0.2, 0.25) is 5.02 Å². The summed E-state index contributed by atoms with van der Waals surface area (Å²) in [4.78, 5) is 24.6. The summed E-state index contributed by atoms with van der Waals surface area (Å²) in [6, 6.07) is 15.9. The van der Waals surface area contributed by atoms with Gasteiger partial charge < -0.3 is 15.1 Å². The second kappa shape index (κ2) is 12.1. The molecule has 6 nitrogen and oxygen atoms in total. The van der Waals surface area contributed by atoms with Gasteiger partial charge in [-0.3, -0.25) is 9.69 Å². The lowest BCUT2D eigenvalue weighted by molar-refractivity contribution is -0.119. The Balaban J connectivity index is 1.27. The molecule has 1 aliphatic carbocycles. The molecule has 0 radical (unpaired) electrons. The van der Waals surface area contributed by atoms with Crippen LogP contribution in [-0.4, -0.2) is 72.5 Å². The Hall–Kier alpha value is -3.26. The van der Waals surface area contributed by atoms with E-state index >= 15 is 0 Å². The van der Waals surface area contributed by atoms with Crippen molar-refractivity contribution in [2.75, 3.05) is 44.7 Å². The van der Waals surface area contributed by atoms with Crippen LogP contribution in [0.4, 0.5) is 5.69 Å². The molecule has 0 aromatic heterocycles. The van der Waals surface area contributed by atoms with Gasteiger partial charge in [0.1, 0.15) is 0 Å². The number of thiocarbonyl (C=S) groups is 1. The molecule has 8 heteroatoms. The molecular weight excluding hydrogens is 514 g/mol. The largest absolute Gasteiger partial charge is 0.347 e. The first-order chi connectivity index (χ1) is 18.5. The number of carbonyl (C=O) groups excluding carboxylic acids is 1. The number of fused-ring (bicyclic) bond motifs is 1. The summed E-state index contributed by atoms with van der Waals surface area (Å²) >= 11 is 12.1. The summed E-state index contributed by atoms with van der Waals surface area (Å²) in [5, 5.41) is 4.43. The maximum Gasteiger partial charge on any atom is 0.272 e. The van der Waals surface area contributed by atoms with Crippen molar-refractivity contribution in [1.82, 2.24) is 15.1 Å². The first kappa shape index (κ1) is 26.4. The van der Waals surface area contributed by atoms with Crippen LogP contribution in [-0.2, 0) is 4.79 Å². The number of carbonyl (C=O) groups is 1. The maximum atomic E-state index is 13.5. The van der Waals surface area contributed by atoms with Crippen molar-refractivity contribution in [2.45, 2.75) is 19.0 Å². The summed E-state index contributed by atoms with van der Waals surface area (Å²) in [7, 11) is 1.78. The monoisotopic (exact) mass is 545 g/mol. The normalized spacial score (nSPS) is 20.2. The predicted octanol–water partition coefficient (Wildman–Crippen LogP) is 4.91. The molecule has 1 fully saturated rings. The quantitative estimate of drug-likeness (QED) is 0.541. The van der Waals surface area contributed by atoms with Gasteiger partial charge in [0.25, 0.3) is 5.91 Å². The van der Waals surface area contributed by atoms with E-state index in [-0.39, 0.29) is 5.91 Å². The standard InChI is InChI=1S/C30H32ClN5OS/c1-34-26-15-14-24(31)21-25(26)27(23-12-6-3-7-13-23)32-28(29(34)37)33-30(38)36-19-17-35(18-20-36)16-8-11-22-9-4-2-5-10-22/h2,4-6,8-15,21,28H,3,7,16-20H2,1H3,(H,33,38)/b11-8+. The molecule has 2 heterocycles. The van der Waals surface area contributed by atoms with Gasteiger partial charge in [-0.2, -0.15) is 0 Å². The van der Waals surface area contributed by atoms with E-state index in [1.807, 2.05) is 30.3 Å². The zero-order valence-corrected chi connectivity index (χ0v) is 23.1. The van der Waals surface area contributed by atoms with Gasteiger partial charge in [0.15, 0.2) is 5.11 Å². The smallest absolute Gasteiger partial charge is 0.272 e. The molecule has 2 aromatic rings. The fourth-order valence-corrected chi connectivity index (χ4v) is 5.37. The van der Waals surface area contributed by atoms with Crippen LogP contribution in [0.1, 0.15) is 24.0 Å². The number of likely N-dealkylation sites (N-methyl/N-ethyl adjacent to an activating group) is 1. The number of hydrogen-bond donors (Lipinski definition) is 1. The summed E-state index contributed by atoms with van der Waals surface area (Å²) in [6.45, 7) is 4.28. The molecule has 2 aromatic carbocycles. The van der Waals surface area contributed by atoms with E-state index in [4.69, 9.17) is 28.8 Å². The highest BCUT2D eigenvalue weighted by Crippen LogP contribution is 2.31. The molecular formula is C30H32ClN5OS. The molecule has 1 amide bonds. The first-order valence-electron chi connectivity index (χ1n) is 13.0. The molecule has 38 heavy (non-hydrogen) atoms. The van der Waals surface area contributed by atoms with Gasteiger partial charge in [0.2, 0.25) is 6.17 Å². The average Bonchev–Trinajstić information content (AvgIpc) is 3.04. The number of allylic oxidation sites excluding steroid dienone is 4. The first-order valence-corrected chi connectivity index (χ1v) is 13.8. The van der Waals surface area contributed by atoms with E-state index in [1.165, 1.54) is 5.56 Å². The third-order valence-electron chi connectivity index (χ3n) is 7.06. The molecule has 1 saturated heterocycles. The van der Waals surface area contributed by atoms with Crippen LogP contribution in [0.25, 0.3) is 6.08 Å². The van der Waals surface area contributed by atoms with Gasteiger partial charge in [0.05, 0.1) is 11.4 Å². The molecule has 1 N–H and O–H groups in total. The van der Waals surface area contributed by atoms with Crippen LogP contribution >= 0.6 is 23.8 Å². The second-order valence-electron chi connectivity index (χ2n) is 9.63. The van der Waals surface area contributed by atoms with Gasteiger partial charge in [-0.1, -0.05) is 72.3 Å². The molecule has 0 saturated carbocycles. The van der Waals surface area contributed by atoms with Gasteiger partial charge in [-0.05, 0) is 54.4 Å². The lowest BCUT2D eigenvalue weighted by Crippen LogP contribution is -2.55. The van der Waals surface area contributed by atoms with Gasteiger partial charge in [-0.15, -0.1) is 0 Å². The lowest BCUT2D eigenvalue weighted by atomic mass is 9.96. The van der Waals surface area contributed by atoms with Crippen LogP contribution in [0.5, 0.6) is 0 Å². The average molecular weight is 546 g/mol. The van der Waals surface area contributed by atoms with Crippen molar-refractivity contribution < 1.29 is 4.79 Å². The highest BCUT2D eigenvalue weighted by Gasteiger charge is 2.32. The highest BCUT2D eigenvalue weighted by molar-refractivity contribution is 7.80. The van der Waals surface area contributed by atoms with Gasteiger partial charge in [-0.25, -0.2) is 4.99 Å². The number of anilines is 1. The number of aliphatic imine (C=N–C) groups is 1. The Bertz CT molecular complexity index is 1310. The second-order valence-corrected chi connectivity index (χ2v) is 10.5. The molecule has 3 aliphatic rings. The molecule has 0 bridgehead atoms. The van der Waals surface area contributed by atoms with Gasteiger partial charge in [0, 0.05) is 50.4 Å². The number of piperazine rings is 1. The summed E-state index contributed by atoms with van der Waals surface area (Å²) in [5.74, 6) is -0.156. The highest BCUT2D eigenvalue weighted by atomic mass is 35.5. The molecule has 2 aliphatic heterocycles. The molecule has 1 atom stereocenters. The van der Waals surface area contributed by atoms with E-state index in [2.05, 4.69) is 57.6 Å². The van der Waals surface area contributed by atoms with Crippen molar-refractivity contribution in [1.29, 1.82) is 0 Å². The number of nitrogens with one attached hydrogen (secondary N) is 1.